The van der Waals surface area contributed by atoms with Crippen LogP contribution in [0.1, 0.15) is 56.6 Å². The highest BCUT2D eigenvalue weighted by atomic mass is 16.6. The molecule has 1 heterocycles. The highest BCUT2D eigenvalue weighted by Crippen LogP contribution is 2.37. The lowest BCUT2D eigenvalue weighted by molar-refractivity contribution is -0.161. The fourth-order valence-electron chi connectivity index (χ4n) is 4.16. The zero-order valence-electron chi connectivity index (χ0n) is 17.2. The van der Waals surface area contributed by atoms with Crippen LogP contribution >= 0.6 is 0 Å². The van der Waals surface area contributed by atoms with Gasteiger partial charge in [-0.3, -0.25) is 0 Å². The Hall–Kier alpha value is -2.75. The van der Waals surface area contributed by atoms with Crippen LogP contribution in [0.5, 0.6) is 0 Å². The van der Waals surface area contributed by atoms with E-state index in [-0.39, 0.29) is 11.7 Å². The number of rotatable bonds is 9. The molecule has 0 aromatic heterocycles. The normalized spacial score (nSPS) is 19.3. The molecule has 3 N–H and O–H groups in total. The van der Waals surface area contributed by atoms with Gasteiger partial charge >= 0.3 is 5.97 Å². The predicted octanol–water partition coefficient (Wildman–Crippen LogP) is 5.52. The number of nitrogen functional groups attached to an aromatic ring is 1. The molecule has 0 amide bonds. The number of aliphatic hydroxyl groups is 1. The Balaban J connectivity index is 1.64. The van der Waals surface area contributed by atoms with E-state index in [9.17, 15) is 9.90 Å². The molecule has 0 bridgehead atoms. The number of hydrogen-bond acceptors (Lipinski definition) is 4. The van der Waals surface area contributed by atoms with Crippen LogP contribution in [0.25, 0.3) is 0 Å². The van der Waals surface area contributed by atoms with Crippen LogP contribution in [0.3, 0.4) is 0 Å². The van der Waals surface area contributed by atoms with Gasteiger partial charge in [-0.1, -0.05) is 55.8 Å². The van der Waals surface area contributed by atoms with Crippen molar-refractivity contribution in [2.75, 3.05) is 5.73 Å². The lowest BCUT2D eigenvalue weighted by atomic mass is 9.83. The van der Waals surface area contributed by atoms with Gasteiger partial charge in [0.15, 0.2) is 0 Å². The molecule has 1 aliphatic heterocycles. The quantitative estimate of drug-likeness (QED) is 0.434. The van der Waals surface area contributed by atoms with Gasteiger partial charge in [0.05, 0.1) is 5.57 Å². The molecule has 0 fully saturated rings. The predicted molar refractivity (Wildman–Crippen MR) is 117 cm³/mol. The zero-order valence-corrected chi connectivity index (χ0v) is 17.2. The standard InChI is InChI=1S/C25H31NO3/c1-2-15-25(16-14-19-8-4-3-5-9-19)18-23(27)22(24(28)29-25)13-7-11-20-10-6-12-21(26)17-20/h3-6,8-10,12,17,27H,2,7,11,13-16,18,26H2,1H3. The largest absolute Gasteiger partial charge is 0.512 e. The molecule has 0 saturated heterocycles. The van der Waals surface area contributed by atoms with Gasteiger partial charge in [-0.15, -0.1) is 0 Å². The van der Waals surface area contributed by atoms with Gasteiger partial charge in [-0.2, -0.15) is 0 Å². The van der Waals surface area contributed by atoms with Crippen molar-refractivity contribution in [3.8, 4) is 0 Å². The fourth-order valence-corrected chi connectivity index (χ4v) is 4.16. The van der Waals surface area contributed by atoms with E-state index in [1.54, 1.807) is 0 Å². The van der Waals surface area contributed by atoms with Crippen LogP contribution in [0.15, 0.2) is 65.9 Å². The average Bonchev–Trinajstić information content (AvgIpc) is 2.70. The summed E-state index contributed by atoms with van der Waals surface area (Å²) in [4.78, 5) is 12.7. The number of nitrogens with two attached hydrogens (primary N) is 1. The Kier molecular flexibility index (Phi) is 6.97. The number of ether oxygens (including phenoxy) is 1. The molecule has 3 rings (SSSR count). The fraction of sp³-hybridized carbons (Fsp3) is 0.400. The topological polar surface area (TPSA) is 72.5 Å². The summed E-state index contributed by atoms with van der Waals surface area (Å²) in [5, 5.41) is 10.7. The van der Waals surface area contributed by atoms with Crippen LogP contribution in [0.4, 0.5) is 5.69 Å². The Morgan fingerprint density at radius 2 is 1.76 bits per heavy atom. The van der Waals surface area contributed by atoms with Gasteiger partial charge in [0.1, 0.15) is 11.4 Å². The summed E-state index contributed by atoms with van der Waals surface area (Å²) in [6.07, 6.45) is 5.70. The number of aliphatic hydroxyl groups excluding tert-OH is 1. The summed E-state index contributed by atoms with van der Waals surface area (Å²) >= 11 is 0. The minimum absolute atomic E-state index is 0.204. The highest BCUT2D eigenvalue weighted by molar-refractivity contribution is 5.90. The number of carbonyl (C=O) groups is 1. The van der Waals surface area contributed by atoms with Crippen molar-refractivity contribution in [2.45, 2.75) is 63.9 Å². The average molecular weight is 394 g/mol. The molecule has 1 aliphatic rings. The Labute approximate surface area is 173 Å². The van der Waals surface area contributed by atoms with E-state index in [4.69, 9.17) is 10.5 Å². The molecule has 0 spiro atoms. The smallest absolute Gasteiger partial charge is 0.337 e. The third-order valence-electron chi connectivity index (χ3n) is 5.65. The summed E-state index contributed by atoms with van der Waals surface area (Å²) in [6, 6.07) is 18.0. The number of cyclic esters (lactones) is 1. The number of hydrogen-bond donors (Lipinski definition) is 2. The Morgan fingerprint density at radius 1 is 1.00 bits per heavy atom. The van der Waals surface area contributed by atoms with Crippen molar-refractivity contribution >= 4 is 11.7 Å². The second kappa shape index (κ2) is 9.64. The zero-order chi connectivity index (χ0) is 20.7. The third-order valence-corrected chi connectivity index (χ3v) is 5.65. The van der Waals surface area contributed by atoms with Gasteiger partial charge in [-0.05, 0) is 61.8 Å². The number of anilines is 1. The molecule has 0 radical (unpaired) electrons. The monoisotopic (exact) mass is 393 g/mol. The second-order valence-electron chi connectivity index (χ2n) is 8.01. The van der Waals surface area contributed by atoms with Crippen molar-refractivity contribution < 1.29 is 14.6 Å². The molecule has 154 valence electrons. The van der Waals surface area contributed by atoms with E-state index in [2.05, 4.69) is 19.1 Å². The van der Waals surface area contributed by atoms with Crippen molar-refractivity contribution in [2.24, 2.45) is 0 Å². The summed E-state index contributed by atoms with van der Waals surface area (Å²) < 4.78 is 5.96. The lowest BCUT2D eigenvalue weighted by Crippen LogP contribution is -2.40. The molecule has 2 aromatic rings. The first-order valence-corrected chi connectivity index (χ1v) is 10.5. The Morgan fingerprint density at radius 3 is 2.45 bits per heavy atom. The lowest BCUT2D eigenvalue weighted by Gasteiger charge is -2.37. The summed E-state index contributed by atoms with van der Waals surface area (Å²) in [5.41, 5.74) is 8.74. The van der Waals surface area contributed by atoms with Crippen LogP contribution in [-0.2, 0) is 22.4 Å². The first-order valence-electron chi connectivity index (χ1n) is 10.5. The molecule has 4 nitrogen and oxygen atoms in total. The molecular weight excluding hydrogens is 362 g/mol. The number of esters is 1. The molecule has 4 heteroatoms. The second-order valence-corrected chi connectivity index (χ2v) is 8.01. The molecule has 1 atom stereocenters. The minimum Gasteiger partial charge on any atom is -0.512 e. The van der Waals surface area contributed by atoms with Gasteiger partial charge in [0, 0.05) is 12.1 Å². The van der Waals surface area contributed by atoms with Gasteiger partial charge in [0.25, 0.3) is 0 Å². The first-order chi connectivity index (χ1) is 14.0. The van der Waals surface area contributed by atoms with Crippen LogP contribution < -0.4 is 5.73 Å². The van der Waals surface area contributed by atoms with Crippen LogP contribution in [0, 0.1) is 0 Å². The minimum atomic E-state index is -0.608. The maximum atomic E-state index is 12.7. The van der Waals surface area contributed by atoms with Crippen molar-refractivity contribution in [3.63, 3.8) is 0 Å². The van der Waals surface area contributed by atoms with E-state index < -0.39 is 5.60 Å². The summed E-state index contributed by atoms with van der Waals surface area (Å²) in [6.45, 7) is 2.08. The van der Waals surface area contributed by atoms with E-state index in [0.29, 0.717) is 18.4 Å². The van der Waals surface area contributed by atoms with E-state index >= 15 is 0 Å². The first kappa shape index (κ1) is 21.0. The van der Waals surface area contributed by atoms with E-state index in [1.165, 1.54) is 5.56 Å². The maximum absolute atomic E-state index is 12.7. The molecule has 0 saturated carbocycles. The van der Waals surface area contributed by atoms with Crippen LogP contribution in [-0.4, -0.2) is 16.7 Å². The molecule has 1 unspecified atom stereocenters. The summed E-state index contributed by atoms with van der Waals surface area (Å²) in [5.74, 6) is -0.154. The SMILES string of the molecule is CCCC1(CCc2ccccc2)CC(O)=C(CCCc2cccc(N)c2)C(=O)O1. The molecule has 0 aliphatic carbocycles. The van der Waals surface area contributed by atoms with Crippen molar-refractivity contribution in [3.05, 3.63) is 77.1 Å². The molecular formula is C25H31NO3. The van der Waals surface area contributed by atoms with Gasteiger partial charge in [0.2, 0.25) is 0 Å². The van der Waals surface area contributed by atoms with E-state index in [0.717, 1.165) is 49.8 Å². The summed E-state index contributed by atoms with van der Waals surface area (Å²) in [7, 11) is 0. The number of aryl methyl sites for hydroxylation is 2. The van der Waals surface area contributed by atoms with E-state index in [1.807, 2.05) is 42.5 Å². The van der Waals surface area contributed by atoms with Crippen LogP contribution in [0.2, 0.25) is 0 Å². The van der Waals surface area contributed by atoms with Crippen molar-refractivity contribution in [1.82, 2.24) is 0 Å². The molecule has 2 aromatic carbocycles. The third kappa shape index (κ3) is 5.63. The van der Waals surface area contributed by atoms with Crippen molar-refractivity contribution in [1.29, 1.82) is 0 Å². The number of carbonyl (C=O) groups excluding carboxylic acids is 1. The van der Waals surface area contributed by atoms with Gasteiger partial charge < -0.3 is 15.6 Å². The Bertz CT molecular complexity index is 859. The van der Waals surface area contributed by atoms with Gasteiger partial charge in [-0.25, -0.2) is 4.79 Å². The molecule has 29 heavy (non-hydrogen) atoms. The number of benzene rings is 2. The highest BCUT2D eigenvalue weighted by Gasteiger charge is 2.40. The maximum Gasteiger partial charge on any atom is 0.337 e.